The van der Waals surface area contributed by atoms with Gasteiger partial charge in [-0.2, -0.15) is 0 Å². The fraction of sp³-hybridized carbons (Fsp3) is 0.333. The Balaban J connectivity index is 2.80. The SMILES string of the molecule is CCC(C)NC(=O)Nc1cc(C(=O)O)ccc1F. The summed E-state index contributed by atoms with van der Waals surface area (Å²) in [7, 11) is 0. The minimum Gasteiger partial charge on any atom is -0.478 e. The number of anilines is 1. The standard InChI is InChI=1S/C12H15FN2O3/c1-3-7(2)14-12(18)15-10-6-8(11(16)17)4-5-9(10)13/h4-7H,3H2,1-2H3,(H,16,17)(H2,14,15,18). The lowest BCUT2D eigenvalue weighted by Crippen LogP contribution is -2.35. The molecule has 0 aliphatic carbocycles. The second-order valence-electron chi connectivity index (χ2n) is 3.91. The minimum absolute atomic E-state index is 0.0456. The molecule has 0 bridgehead atoms. The molecule has 1 aromatic carbocycles. The maximum Gasteiger partial charge on any atom is 0.335 e. The molecule has 3 N–H and O–H groups in total. The van der Waals surface area contributed by atoms with E-state index in [2.05, 4.69) is 10.6 Å². The van der Waals surface area contributed by atoms with Gasteiger partial charge in [-0.05, 0) is 31.5 Å². The van der Waals surface area contributed by atoms with Gasteiger partial charge < -0.3 is 15.7 Å². The highest BCUT2D eigenvalue weighted by molar-refractivity contribution is 5.93. The van der Waals surface area contributed by atoms with Gasteiger partial charge in [-0.1, -0.05) is 6.92 Å². The van der Waals surface area contributed by atoms with Crippen LogP contribution in [0.2, 0.25) is 0 Å². The summed E-state index contributed by atoms with van der Waals surface area (Å²) in [5.41, 5.74) is -0.244. The molecule has 6 heteroatoms. The van der Waals surface area contributed by atoms with Crippen molar-refractivity contribution in [1.29, 1.82) is 0 Å². The maximum absolute atomic E-state index is 13.4. The van der Waals surface area contributed by atoms with Gasteiger partial charge in [0.1, 0.15) is 5.82 Å². The molecule has 2 amide bonds. The largest absolute Gasteiger partial charge is 0.478 e. The number of amides is 2. The fourth-order valence-electron chi connectivity index (χ4n) is 1.24. The number of halogens is 1. The van der Waals surface area contributed by atoms with Gasteiger partial charge in [-0.3, -0.25) is 0 Å². The van der Waals surface area contributed by atoms with E-state index in [-0.39, 0.29) is 17.3 Å². The summed E-state index contributed by atoms with van der Waals surface area (Å²) >= 11 is 0. The molecule has 5 nitrogen and oxygen atoms in total. The number of carboxylic acids is 1. The van der Waals surface area contributed by atoms with E-state index in [1.54, 1.807) is 0 Å². The highest BCUT2D eigenvalue weighted by Crippen LogP contribution is 2.16. The van der Waals surface area contributed by atoms with Crippen LogP contribution in [0.4, 0.5) is 14.9 Å². The molecule has 0 aliphatic heterocycles. The predicted molar refractivity (Wildman–Crippen MR) is 65.3 cm³/mol. The number of carbonyl (C=O) groups is 2. The van der Waals surface area contributed by atoms with Crippen LogP contribution in [0.3, 0.4) is 0 Å². The number of urea groups is 1. The molecule has 18 heavy (non-hydrogen) atoms. The van der Waals surface area contributed by atoms with E-state index in [0.717, 1.165) is 24.6 Å². The van der Waals surface area contributed by atoms with E-state index >= 15 is 0 Å². The first-order chi connectivity index (χ1) is 8.43. The van der Waals surface area contributed by atoms with E-state index in [9.17, 15) is 14.0 Å². The van der Waals surface area contributed by atoms with Crippen LogP contribution in [0.25, 0.3) is 0 Å². The third-order valence-electron chi connectivity index (χ3n) is 2.45. The third-order valence-corrected chi connectivity index (χ3v) is 2.45. The molecular formula is C12H15FN2O3. The van der Waals surface area contributed by atoms with Crippen LogP contribution in [-0.4, -0.2) is 23.1 Å². The lowest BCUT2D eigenvalue weighted by molar-refractivity contribution is 0.0697. The molecule has 0 saturated heterocycles. The maximum atomic E-state index is 13.4. The van der Waals surface area contributed by atoms with Gasteiger partial charge in [-0.15, -0.1) is 0 Å². The molecular weight excluding hydrogens is 239 g/mol. The number of carboxylic acid groups (broad SMARTS) is 1. The molecule has 1 rings (SSSR count). The molecule has 0 aromatic heterocycles. The van der Waals surface area contributed by atoms with Crippen molar-refractivity contribution in [2.45, 2.75) is 26.3 Å². The number of hydrogen-bond acceptors (Lipinski definition) is 2. The van der Waals surface area contributed by atoms with Crippen molar-refractivity contribution < 1.29 is 19.1 Å². The Kier molecular flexibility index (Phi) is 4.65. The Morgan fingerprint density at radius 3 is 2.67 bits per heavy atom. The number of hydrogen-bond donors (Lipinski definition) is 3. The van der Waals surface area contributed by atoms with Gasteiger partial charge in [-0.25, -0.2) is 14.0 Å². The zero-order valence-electron chi connectivity index (χ0n) is 10.2. The summed E-state index contributed by atoms with van der Waals surface area (Å²) in [6.07, 6.45) is 0.741. The summed E-state index contributed by atoms with van der Waals surface area (Å²) in [4.78, 5) is 22.2. The molecule has 0 fully saturated rings. The Labute approximate surface area is 104 Å². The number of rotatable bonds is 4. The van der Waals surface area contributed by atoms with Gasteiger partial charge >= 0.3 is 12.0 Å². The Bertz CT molecular complexity index is 463. The number of benzene rings is 1. The van der Waals surface area contributed by atoms with E-state index in [4.69, 9.17) is 5.11 Å². The van der Waals surface area contributed by atoms with Crippen LogP contribution in [-0.2, 0) is 0 Å². The summed E-state index contributed by atoms with van der Waals surface area (Å²) < 4.78 is 13.4. The van der Waals surface area contributed by atoms with Crippen LogP contribution in [0.15, 0.2) is 18.2 Å². The zero-order valence-corrected chi connectivity index (χ0v) is 10.2. The van der Waals surface area contributed by atoms with Crippen LogP contribution in [0.1, 0.15) is 30.6 Å². The normalized spacial score (nSPS) is 11.7. The summed E-state index contributed by atoms with van der Waals surface area (Å²) in [5.74, 6) is -1.86. The first kappa shape index (κ1) is 14.0. The number of carbonyl (C=O) groups excluding carboxylic acids is 1. The quantitative estimate of drug-likeness (QED) is 0.772. The van der Waals surface area contributed by atoms with Crippen molar-refractivity contribution in [2.75, 3.05) is 5.32 Å². The highest BCUT2D eigenvalue weighted by Gasteiger charge is 2.11. The summed E-state index contributed by atoms with van der Waals surface area (Å²) in [6.45, 7) is 3.71. The van der Waals surface area contributed by atoms with Crippen molar-refractivity contribution in [2.24, 2.45) is 0 Å². The van der Waals surface area contributed by atoms with E-state index in [1.807, 2.05) is 13.8 Å². The summed E-state index contributed by atoms with van der Waals surface area (Å²) in [6, 6.07) is 2.60. The average Bonchev–Trinajstić information content (AvgIpc) is 2.31. The second kappa shape index (κ2) is 6.00. The van der Waals surface area contributed by atoms with Crippen molar-refractivity contribution in [1.82, 2.24) is 5.32 Å². The average molecular weight is 254 g/mol. The Morgan fingerprint density at radius 1 is 1.44 bits per heavy atom. The zero-order chi connectivity index (χ0) is 13.7. The van der Waals surface area contributed by atoms with Crippen molar-refractivity contribution >= 4 is 17.7 Å². The summed E-state index contributed by atoms with van der Waals surface area (Å²) in [5, 5.41) is 13.6. The van der Waals surface area contributed by atoms with Crippen LogP contribution in [0.5, 0.6) is 0 Å². The van der Waals surface area contributed by atoms with Gasteiger partial charge in [0.05, 0.1) is 11.3 Å². The lowest BCUT2D eigenvalue weighted by Gasteiger charge is -2.13. The lowest BCUT2D eigenvalue weighted by atomic mass is 10.2. The van der Waals surface area contributed by atoms with Crippen LogP contribution < -0.4 is 10.6 Å². The number of aromatic carboxylic acids is 1. The smallest absolute Gasteiger partial charge is 0.335 e. The first-order valence-corrected chi connectivity index (χ1v) is 5.54. The third kappa shape index (κ3) is 3.73. The molecule has 0 radical (unpaired) electrons. The molecule has 98 valence electrons. The van der Waals surface area contributed by atoms with Gasteiger partial charge in [0.25, 0.3) is 0 Å². The monoisotopic (exact) mass is 254 g/mol. The first-order valence-electron chi connectivity index (χ1n) is 5.54. The van der Waals surface area contributed by atoms with E-state index in [0.29, 0.717) is 0 Å². The van der Waals surface area contributed by atoms with Crippen molar-refractivity contribution in [3.63, 3.8) is 0 Å². The molecule has 0 spiro atoms. The van der Waals surface area contributed by atoms with Crippen molar-refractivity contribution in [3.8, 4) is 0 Å². The van der Waals surface area contributed by atoms with E-state index in [1.165, 1.54) is 0 Å². The molecule has 0 heterocycles. The topological polar surface area (TPSA) is 78.4 Å². The molecule has 0 saturated carbocycles. The predicted octanol–water partition coefficient (Wildman–Crippen LogP) is 2.44. The molecule has 1 aromatic rings. The highest BCUT2D eigenvalue weighted by atomic mass is 19.1. The Hall–Kier alpha value is -2.11. The van der Waals surface area contributed by atoms with E-state index < -0.39 is 17.8 Å². The van der Waals surface area contributed by atoms with Crippen LogP contribution >= 0.6 is 0 Å². The Morgan fingerprint density at radius 2 is 2.11 bits per heavy atom. The molecule has 0 aliphatic rings. The number of nitrogens with one attached hydrogen (secondary N) is 2. The van der Waals surface area contributed by atoms with Gasteiger partial charge in [0.15, 0.2) is 0 Å². The molecule has 1 unspecified atom stereocenters. The van der Waals surface area contributed by atoms with Crippen molar-refractivity contribution in [3.05, 3.63) is 29.6 Å². The fourth-order valence-corrected chi connectivity index (χ4v) is 1.24. The van der Waals surface area contributed by atoms with Gasteiger partial charge in [0, 0.05) is 6.04 Å². The molecule has 1 atom stereocenters. The minimum atomic E-state index is -1.18. The van der Waals surface area contributed by atoms with Crippen LogP contribution in [0, 0.1) is 5.82 Å². The van der Waals surface area contributed by atoms with Gasteiger partial charge in [0.2, 0.25) is 0 Å². The second-order valence-corrected chi connectivity index (χ2v) is 3.91.